The zero-order valence-corrected chi connectivity index (χ0v) is 16.2. The summed E-state index contributed by atoms with van der Waals surface area (Å²) in [4.78, 5) is 28.3. The molecule has 4 aliphatic rings. The van der Waals surface area contributed by atoms with Crippen molar-refractivity contribution >= 4 is 18.0 Å². The van der Waals surface area contributed by atoms with Crippen LogP contribution in [0.25, 0.3) is 0 Å². The minimum Gasteiger partial charge on any atom is -0.479 e. The van der Waals surface area contributed by atoms with Crippen LogP contribution in [0.2, 0.25) is 0 Å². The molecule has 3 fully saturated rings. The smallest absolute Gasteiger partial charge is 0.344 e. The maximum Gasteiger partial charge on any atom is 0.344 e. The van der Waals surface area contributed by atoms with E-state index in [4.69, 9.17) is 9.94 Å². The van der Waals surface area contributed by atoms with Gasteiger partial charge in [0.05, 0.1) is 18.4 Å². The number of oxime groups is 1. The van der Waals surface area contributed by atoms with E-state index in [1.54, 1.807) is 6.21 Å². The lowest BCUT2D eigenvalue weighted by Gasteiger charge is -2.57. The fraction of sp³-hybridized carbons (Fsp3) is 0.762. The summed E-state index contributed by atoms with van der Waals surface area (Å²) in [5.74, 6) is -0.557. The molecular weight excluding hydrogens is 362 g/mol. The number of rotatable bonds is 4. The molecule has 4 aliphatic carbocycles. The molecule has 4 rings (SSSR count). The number of nitrogens with zero attached hydrogens (tertiary/aromatic N) is 1. The van der Waals surface area contributed by atoms with Crippen LogP contribution >= 0.6 is 0 Å². The van der Waals surface area contributed by atoms with Gasteiger partial charge in [-0.3, -0.25) is 4.79 Å². The second-order valence-corrected chi connectivity index (χ2v) is 9.23. The van der Waals surface area contributed by atoms with E-state index in [-0.39, 0.29) is 23.2 Å². The second-order valence-electron chi connectivity index (χ2n) is 9.23. The number of hydrogen-bond acceptors (Lipinski definition) is 6. The first-order valence-electron chi connectivity index (χ1n) is 10.3. The Morgan fingerprint density at radius 1 is 1.29 bits per heavy atom. The van der Waals surface area contributed by atoms with E-state index >= 15 is 0 Å². The van der Waals surface area contributed by atoms with Crippen molar-refractivity contribution in [1.82, 2.24) is 0 Å². The number of hydrogen-bond donors (Lipinski definition) is 3. The number of fused-ring (bicyclic) bond motifs is 5. The van der Waals surface area contributed by atoms with E-state index < -0.39 is 30.2 Å². The molecule has 7 nitrogen and oxygen atoms in total. The minimum atomic E-state index is -1.08. The summed E-state index contributed by atoms with van der Waals surface area (Å²) >= 11 is 0. The predicted octanol–water partition coefficient (Wildman–Crippen LogP) is 1.92. The third kappa shape index (κ3) is 2.90. The van der Waals surface area contributed by atoms with Gasteiger partial charge in [0.25, 0.3) is 0 Å². The number of ketones is 1. The molecule has 0 aromatic heterocycles. The third-order valence-corrected chi connectivity index (χ3v) is 7.96. The van der Waals surface area contributed by atoms with Crippen molar-refractivity contribution in [2.45, 2.75) is 64.1 Å². The highest BCUT2D eigenvalue weighted by Crippen LogP contribution is 2.63. The lowest BCUT2D eigenvalue weighted by molar-refractivity contribution is -0.142. The number of carbonyl (C=O) groups excluding carboxylic acids is 1. The Labute approximate surface area is 164 Å². The summed E-state index contributed by atoms with van der Waals surface area (Å²) in [6.07, 6.45) is 7.28. The van der Waals surface area contributed by atoms with Crippen molar-refractivity contribution in [1.29, 1.82) is 0 Å². The van der Waals surface area contributed by atoms with Gasteiger partial charge in [0.1, 0.15) is 5.78 Å². The quantitative estimate of drug-likeness (QED) is 0.383. The number of carbonyl (C=O) groups is 2. The maximum absolute atomic E-state index is 12.6. The highest BCUT2D eigenvalue weighted by Gasteiger charge is 2.61. The molecule has 3 N–H and O–H groups in total. The van der Waals surface area contributed by atoms with E-state index in [2.05, 4.69) is 12.1 Å². The van der Waals surface area contributed by atoms with Gasteiger partial charge >= 0.3 is 5.97 Å². The predicted molar refractivity (Wildman–Crippen MR) is 101 cm³/mol. The first-order valence-corrected chi connectivity index (χ1v) is 10.3. The zero-order chi connectivity index (χ0) is 20.1. The molecule has 0 unspecified atom stereocenters. The number of Topliss-reactive ketones (excluding diaryl/α,β-unsaturated/α-hetero) is 1. The van der Waals surface area contributed by atoms with Crippen LogP contribution in [0, 0.1) is 28.6 Å². The van der Waals surface area contributed by atoms with Crippen LogP contribution in [0.5, 0.6) is 0 Å². The molecule has 0 amide bonds. The summed E-state index contributed by atoms with van der Waals surface area (Å²) in [7, 11) is 0. The Hall–Kier alpha value is -1.73. The van der Waals surface area contributed by atoms with Crippen LogP contribution in [0.1, 0.15) is 51.9 Å². The van der Waals surface area contributed by atoms with Crippen LogP contribution in [0.15, 0.2) is 16.8 Å². The van der Waals surface area contributed by atoms with Crippen molar-refractivity contribution in [3.8, 4) is 0 Å². The van der Waals surface area contributed by atoms with Gasteiger partial charge in [-0.25, -0.2) is 4.79 Å². The summed E-state index contributed by atoms with van der Waals surface area (Å²) in [5, 5.41) is 34.0. The van der Waals surface area contributed by atoms with Gasteiger partial charge in [0.15, 0.2) is 0 Å². The SMILES string of the molecule is C[C@]12CC[C@H]3[C@@H]([C@@H](O)C=C4C[C@@H](O)CC[C@@]43/C=N/OCC(=O)O)[C@@H]1CCC2=O. The molecule has 154 valence electrons. The van der Waals surface area contributed by atoms with Crippen LogP contribution in [-0.4, -0.2) is 52.1 Å². The lowest BCUT2D eigenvalue weighted by Crippen LogP contribution is -2.56. The molecular formula is C21H29NO6. The third-order valence-electron chi connectivity index (χ3n) is 7.96. The highest BCUT2D eigenvalue weighted by atomic mass is 16.6. The lowest BCUT2D eigenvalue weighted by atomic mass is 9.47. The van der Waals surface area contributed by atoms with Gasteiger partial charge in [0, 0.05) is 17.3 Å². The molecule has 0 aromatic rings. The number of carboxylic acids is 1. The topological polar surface area (TPSA) is 116 Å². The van der Waals surface area contributed by atoms with E-state index in [9.17, 15) is 19.8 Å². The fourth-order valence-corrected chi connectivity index (χ4v) is 6.59. The summed E-state index contributed by atoms with van der Waals surface area (Å²) in [6.45, 7) is 1.55. The zero-order valence-electron chi connectivity index (χ0n) is 16.2. The van der Waals surface area contributed by atoms with Crippen molar-refractivity contribution in [3.63, 3.8) is 0 Å². The van der Waals surface area contributed by atoms with E-state index in [0.717, 1.165) is 24.8 Å². The summed E-state index contributed by atoms with van der Waals surface area (Å²) < 4.78 is 0. The van der Waals surface area contributed by atoms with Crippen molar-refractivity contribution in [2.24, 2.45) is 33.7 Å². The average molecular weight is 391 g/mol. The van der Waals surface area contributed by atoms with Crippen LogP contribution in [0.4, 0.5) is 0 Å². The van der Waals surface area contributed by atoms with E-state index in [1.807, 2.05) is 6.08 Å². The summed E-state index contributed by atoms with van der Waals surface area (Å²) in [6, 6.07) is 0. The Bertz CT molecular complexity index is 732. The Morgan fingerprint density at radius 2 is 2.07 bits per heavy atom. The summed E-state index contributed by atoms with van der Waals surface area (Å²) in [5.41, 5.74) is 0.157. The second kappa shape index (κ2) is 6.95. The first-order chi connectivity index (χ1) is 13.3. The number of aliphatic hydroxyl groups is 2. The first kappa shape index (κ1) is 19.6. The largest absolute Gasteiger partial charge is 0.479 e. The molecule has 0 aliphatic heterocycles. The van der Waals surface area contributed by atoms with Crippen LogP contribution in [0.3, 0.4) is 0 Å². The Morgan fingerprint density at radius 3 is 2.82 bits per heavy atom. The fourth-order valence-electron chi connectivity index (χ4n) is 6.59. The van der Waals surface area contributed by atoms with Gasteiger partial charge in [-0.2, -0.15) is 0 Å². The molecule has 7 heteroatoms. The maximum atomic E-state index is 12.6. The number of carboxylic acid groups (broad SMARTS) is 1. The monoisotopic (exact) mass is 391 g/mol. The minimum absolute atomic E-state index is 0.0323. The molecule has 0 spiro atoms. The van der Waals surface area contributed by atoms with Crippen molar-refractivity contribution in [3.05, 3.63) is 11.6 Å². The molecule has 0 radical (unpaired) electrons. The van der Waals surface area contributed by atoms with Crippen molar-refractivity contribution < 1.29 is 29.7 Å². The van der Waals surface area contributed by atoms with Gasteiger partial charge in [0.2, 0.25) is 6.61 Å². The normalized spacial score (nSPS) is 45.2. The molecule has 3 saturated carbocycles. The molecule has 0 bridgehead atoms. The molecule has 7 atom stereocenters. The van der Waals surface area contributed by atoms with Gasteiger partial charge in [-0.05, 0) is 56.3 Å². The standard InChI is InChI=1S/C21H29NO6/c1-20-6-5-15-19(14(20)2-3-17(20)25)16(24)9-12-8-13(23)4-7-21(12,15)11-22-28-10-18(26)27/h9,11,13-16,19,23-24H,2-8,10H2,1H3,(H,26,27)/b22-11+/t13-,14-,15-,16-,19-,20-,21+/m0/s1. The number of aliphatic carboxylic acids is 1. The molecule has 0 heterocycles. The highest BCUT2D eigenvalue weighted by molar-refractivity contribution is 5.87. The van der Waals surface area contributed by atoms with Gasteiger partial charge < -0.3 is 20.2 Å². The molecule has 0 saturated heterocycles. The number of aliphatic hydroxyl groups excluding tert-OH is 2. The van der Waals surface area contributed by atoms with Crippen molar-refractivity contribution in [2.75, 3.05) is 6.61 Å². The Balaban J connectivity index is 1.71. The Kier molecular flexibility index (Phi) is 4.86. The average Bonchev–Trinajstić information content (AvgIpc) is 2.94. The van der Waals surface area contributed by atoms with Gasteiger partial charge in [-0.1, -0.05) is 23.7 Å². The molecule has 28 heavy (non-hydrogen) atoms. The van der Waals surface area contributed by atoms with Crippen LogP contribution < -0.4 is 0 Å². The van der Waals surface area contributed by atoms with E-state index in [0.29, 0.717) is 31.5 Å². The van der Waals surface area contributed by atoms with E-state index in [1.165, 1.54) is 0 Å². The van der Waals surface area contributed by atoms with Gasteiger partial charge in [-0.15, -0.1) is 0 Å². The molecule has 0 aromatic carbocycles. The van der Waals surface area contributed by atoms with Crippen LogP contribution in [-0.2, 0) is 14.4 Å².